The third-order valence-electron chi connectivity index (χ3n) is 4.83. The van der Waals surface area contributed by atoms with E-state index in [9.17, 15) is 9.59 Å². The van der Waals surface area contributed by atoms with E-state index in [1.807, 2.05) is 26.0 Å². The summed E-state index contributed by atoms with van der Waals surface area (Å²) < 4.78 is 10.8. The van der Waals surface area contributed by atoms with Crippen molar-refractivity contribution in [2.24, 2.45) is 5.41 Å². The van der Waals surface area contributed by atoms with E-state index in [0.29, 0.717) is 12.8 Å². The molecule has 0 heterocycles. The van der Waals surface area contributed by atoms with Crippen LogP contribution in [0.2, 0.25) is 0 Å². The molecule has 168 valence electrons. The van der Waals surface area contributed by atoms with Crippen LogP contribution in [-0.4, -0.2) is 25.2 Å². The Morgan fingerprint density at radius 2 is 1.00 bits per heavy atom. The van der Waals surface area contributed by atoms with E-state index in [1.165, 1.54) is 25.7 Å². The van der Waals surface area contributed by atoms with Gasteiger partial charge in [-0.1, -0.05) is 64.5 Å². The first kappa shape index (κ1) is 27.4. The van der Waals surface area contributed by atoms with Crippen LogP contribution in [0.4, 0.5) is 0 Å². The summed E-state index contributed by atoms with van der Waals surface area (Å²) >= 11 is 0. The Hall–Kier alpha value is -1.58. The van der Waals surface area contributed by atoms with Gasteiger partial charge in [0.25, 0.3) is 0 Å². The summed E-state index contributed by atoms with van der Waals surface area (Å²) in [6.45, 7) is 11.9. The van der Waals surface area contributed by atoms with Crippen LogP contribution < -0.4 is 0 Å². The lowest BCUT2D eigenvalue weighted by atomic mass is 9.96. The lowest BCUT2D eigenvalue weighted by molar-refractivity contribution is -0.152. The van der Waals surface area contributed by atoms with E-state index in [4.69, 9.17) is 9.47 Å². The zero-order valence-corrected chi connectivity index (χ0v) is 19.0. The van der Waals surface area contributed by atoms with Gasteiger partial charge >= 0.3 is 11.9 Å². The first-order valence-corrected chi connectivity index (χ1v) is 11.4. The van der Waals surface area contributed by atoms with E-state index in [-0.39, 0.29) is 30.6 Å². The second kappa shape index (κ2) is 18.4. The Balaban J connectivity index is 3.70. The fourth-order valence-corrected chi connectivity index (χ4v) is 2.91. The van der Waals surface area contributed by atoms with E-state index >= 15 is 0 Å². The minimum atomic E-state index is -0.360. The monoisotopic (exact) mass is 408 g/mol. The van der Waals surface area contributed by atoms with Crippen LogP contribution in [0.15, 0.2) is 25.3 Å². The Labute approximate surface area is 179 Å². The number of rotatable bonds is 20. The molecule has 0 atom stereocenters. The van der Waals surface area contributed by atoms with Gasteiger partial charge in [0.15, 0.2) is 0 Å². The Morgan fingerprint density at radius 1 is 0.655 bits per heavy atom. The summed E-state index contributed by atoms with van der Waals surface area (Å²) in [5.74, 6) is -0.320. The van der Waals surface area contributed by atoms with Crippen LogP contribution in [0.5, 0.6) is 0 Å². The van der Waals surface area contributed by atoms with Gasteiger partial charge in [-0.2, -0.15) is 0 Å². The molecule has 0 aromatic heterocycles. The van der Waals surface area contributed by atoms with Crippen LogP contribution >= 0.6 is 0 Å². The Bertz CT molecular complexity index is 414. The quantitative estimate of drug-likeness (QED) is 0.124. The summed E-state index contributed by atoms with van der Waals surface area (Å²) in [4.78, 5) is 23.8. The smallest absolute Gasteiger partial charge is 0.305 e. The molecule has 0 rings (SSSR count). The van der Waals surface area contributed by atoms with Crippen LogP contribution in [0, 0.1) is 5.41 Å². The van der Waals surface area contributed by atoms with E-state index in [1.54, 1.807) is 0 Å². The standard InChI is InChI=1S/C25H44O4/c1-5-7-9-11-13-15-17-19-23(26)28-21-25(3,4)22-29-24(27)20-18-16-14-12-10-8-6-2/h5-6H,1-2,7-22H2,3-4H3. The summed E-state index contributed by atoms with van der Waals surface area (Å²) in [5, 5.41) is 0. The highest BCUT2D eigenvalue weighted by molar-refractivity contribution is 5.69. The topological polar surface area (TPSA) is 52.6 Å². The van der Waals surface area contributed by atoms with Gasteiger partial charge in [0.1, 0.15) is 0 Å². The molecule has 0 aromatic rings. The SMILES string of the molecule is C=CCCCCCCCC(=O)OCC(C)(C)COC(=O)CCCCCCCC=C. The maximum Gasteiger partial charge on any atom is 0.305 e. The van der Waals surface area contributed by atoms with Crippen molar-refractivity contribution in [1.82, 2.24) is 0 Å². The van der Waals surface area contributed by atoms with Crippen molar-refractivity contribution in [1.29, 1.82) is 0 Å². The largest absolute Gasteiger partial charge is 0.465 e. The molecule has 0 unspecified atom stereocenters. The summed E-state index contributed by atoms with van der Waals surface area (Å²) in [6.07, 6.45) is 17.8. The maximum atomic E-state index is 11.9. The number of esters is 2. The van der Waals surface area contributed by atoms with Gasteiger partial charge in [-0.15, -0.1) is 13.2 Å². The van der Waals surface area contributed by atoms with Gasteiger partial charge in [-0.25, -0.2) is 0 Å². The fraction of sp³-hybridized carbons (Fsp3) is 0.760. The first-order chi connectivity index (χ1) is 13.9. The zero-order valence-electron chi connectivity index (χ0n) is 19.0. The summed E-state index contributed by atoms with van der Waals surface area (Å²) in [6, 6.07) is 0. The number of carbonyl (C=O) groups is 2. The number of hydrogen-bond donors (Lipinski definition) is 0. The van der Waals surface area contributed by atoms with Gasteiger partial charge in [-0.05, 0) is 38.5 Å². The van der Waals surface area contributed by atoms with Crippen molar-refractivity contribution < 1.29 is 19.1 Å². The lowest BCUT2D eigenvalue weighted by Gasteiger charge is -2.23. The van der Waals surface area contributed by atoms with Crippen LogP contribution in [0.1, 0.15) is 104 Å². The summed E-state index contributed by atoms with van der Waals surface area (Å²) in [5.41, 5.74) is -0.360. The van der Waals surface area contributed by atoms with E-state index in [0.717, 1.165) is 51.4 Å². The molecular formula is C25H44O4. The van der Waals surface area contributed by atoms with Gasteiger partial charge in [-0.3, -0.25) is 9.59 Å². The van der Waals surface area contributed by atoms with Crippen molar-refractivity contribution >= 4 is 11.9 Å². The molecular weight excluding hydrogens is 364 g/mol. The van der Waals surface area contributed by atoms with Crippen molar-refractivity contribution in [3.63, 3.8) is 0 Å². The molecule has 0 aliphatic rings. The molecule has 0 aliphatic carbocycles. The van der Waals surface area contributed by atoms with Crippen molar-refractivity contribution in [3.8, 4) is 0 Å². The molecule has 0 bridgehead atoms. The number of ether oxygens (including phenoxy) is 2. The predicted octanol–water partition coefficient (Wildman–Crippen LogP) is 6.93. The predicted molar refractivity (Wildman–Crippen MR) is 121 cm³/mol. The van der Waals surface area contributed by atoms with Gasteiger partial charge in [0.2, 0.25) is 0 Å². The molecule has 4 heteroatoms. The molecule has 0 radical (unpaired) electrons. The van der Waals surface area contributed by atoms with E-state index in [2.05, 4.69) is 13.2 Å². The second-order valence-electron chi connectivity index (χ2n) is 8.68. The fourth-order valence-electron chi connectivity index (χ4n) is 2.91. The molecule has 0 aromatic carbocycles. The molecule has 0 saturated carbocycles. The minimum Gasteiger partial charge on any atom is -0.465 e. The van der Waals surface area contributed by atoms with Gasteiger partial charge in [0, 0.05) is 18.3 Å². The average molecular weight is 409 g/mol. The van der Waals surface area contributed by atoms with Crippen molar-refractivity contribution in [2.45, 2.75) is 104 Å². The Morgan fingerprint density at radius 3 is 1.38 bits per heavy atom. The number of hydrogen-bond acceptors (Lipinski definition) is 4. The average Bonchev–Trinajstić information content (AvgIpc) is 2.69. The third-order valence-corrected chi connectivity index (χ3v) is 4.83. The Kier molecular flexibility index (Phi) is 17.4. The molecule has 0 amide bonds. The number of carbonyl (C=O) groups excluding carboxylic acids is 2. The molecule has 0 saturated heterocycles. The minimum absolute atomic E-state index is 0.160. The molecule has 4 nitrogen and oxygen atoms in total. The van der Waals surface area contributed by atoms with Gasteiger partial charge < -0.3 is 9.47 Å². The highest BCUT2D eigenvalue weighted by Crippen LogP contribution is 2.18. The number of unbranched alkanes of at least 4 members (excludes halogenated alkanes) is 10. The normalized spacial score (nSPS) is 11.1. The third kappa shape index (κ3) is 19.5. The second-order valence-corrected chi connectivity index (χ2v) is 8.68. The number of allylic oxidation sites excluding steroid dienone is 2. The molecule has 0 fully saturated rings. The van der Waals surface area contributed by atoms with Gasteiger partial charge in [0.05, 0.1) is 13.2 Å². The van der Waals surface area contributed by atoms with E-state index < -0.39 is 0 Å². The summed E-state index contributed by atoms with van der Waals surface area (Å²) in [7, 11) is 0. The molecule has 29 heavy (non-hydrogen) atoms. The highest BCUT2D eigenvalue weighted by Gasteiger charge is 2.22. The lowest BCUT2D eigenvalue weighted by Crippen LogP contribution is -2.28. The zero-order chi connectivity index (χ0) is 21.8. The van der Waals surface area contributed by atoms with Crippen molar-refractivity contribution in [2.75, 3.05) is 13.2 Å². The van der Waals surface area contributed by atoms with Crippen LogP contribution in [0.25, 0.3) is 0 Å². The maximum absolute atomic E-state index is 11.9. The first-order valence-electron chi connectivity index (χ1n) is 11.4. The van der Waals surface area contributed by atoms with Crippen molar-refractivity contribution in [3.05, 3.63) is 25.3 Å². The highest BCUT2D eigenvalue weighted by atomic mass is 16.5. The van der Waals surface area contributed by atoms with Crippen LogP contribution in [0.3, 0.4) is 0 Å². The molecule has 0 spiro atoms. The van der Waals surface area contributed by atoms with Crippen LogP contribution in [-0.2, 0) is 19.1 Å². The molecule has 0 N–H and O–H groups in total. The molecule has 0 aliphatic heterocycles.